The summed E-state index contributed by atoms with van der Waals surface area (Å²) < 4.78 is 8.30. The maximum atomic E-state index is 11.5. The van der Waals surface area contributed by atoms with E-state index in [1.54, 1.807) is 0 Å². The minimum Gasteiger partial charge on any atom is -0.481 e. The monoisotopic (exact) mass is 284 g/mol. The van der Waals surface area contributed by atoms with E-state index in [0.29, 0.717) is 6.42 Å². The van der Waals surface area contributed by atoms with Gasteiger partial charge in [0.05, 0.1) is 17.6 Å². The van der Waals surface area contributed by atoms with Crippen molar-refractivity contribution in [3.8, 4) is 0 Å². The molecule has 3 aromatic rings. The predicted octanol–water partition coefficient (Wildman–Crippen LogP) is 3.10. The van der Waals surface area contributed by atoms with Crippen LogP contribution in [0.2, 0.25) is 0 Å². The number of aromatic nitrogens is 2. The number of nitrogens with zero attached hydrogens (tertiary/aromatic N) is 2. The Morgan fingerprint density at radius 1 is 1.10 bits per heavy atom. The van der Waals surface area contributed by atoms with Crippen molar-refractivity contribution in [3.05, 3.63) is 59.7 Å². The molecular formula is C15H12N2O2S. The van der Waals surface area contributed by atoms with Crippen LogP contribution in [-0.4, -0.2) is 19.8 Å². The molecule has 0 aliphatic heterocycles. The van der Waals surface area contributed by atoms with Crippen molar-refractivity contribution < 1.29 is 9.90 Å². The fourth-order valence-electron chi connectivity index (χ4n) is 2.21. The Morgan fingerprint density at radius 3 is 2.60 bits per heavy atom. The molecule has 1 atom stereocenters. The van der Waals surface area contributed by atoms with Crippen LogP contribution in [0.1, 0.15) is 17.0 Å². The van der Waals surface area contributed by atoms with Crippen LogP contribution in [0.25, 0.3) is 11.0 Å². The Balaban J connectivity index is 1.95. The average molecular weight is 284 g/mol. The lowest BCUT2D eigenvalue weighted by atomic mass is 9.92. The van der Waals surface area contributed by atoms with E-state index in [1.165, 1.54) is 0 Å². The van der Waals surface area contributed by atoms with Gasteiger partial charge in [0.15, 0.2) is 0 Å². The third-order valence-corrected chi connectivity index (χ3v) is 3.82. The fraction of sp³-hybridized carbons (Fsp3) is 0.133. The number of hydrogen-bond donors (Lipinski definition) is 1. The minimum absolute atomic E-state index is 0.471. The van der Waals surface area contributed by atoms with Crippen molar-refractivity contribution in [2.75, 3.05) is 0 Å². The molecule has 0 radical (unpaired) electrons. The highest BCUT2D eigenvalue weighted by atomic mass is 32.1. The highest BCUT2D eigenvalue weighted by Crippen LogP contribution is 2.24. The summed E-state index contributed by atoms with van der Waals surface area (Å²) in [5, 5.41) is 9.48. The molecule has 1 N–H and O–H groups in total. The van der Waals surface area contributed by atoms with Gasteiger partial charge in [-0.2, -0.15) is 8.75 Å². The van der Waals surface area contributed by atoms with Gasteiger partial charge in [0.25, 0.3) is 0 Å². The smallest absolute Gasteiger partial charge is 0.311 e. The maximum Gasteiger partial charge on any atom is 0.311 e. The SMILES string of the molecule is O=C(O)C(Cc1ccccc1)c1ccc2nsnc2c1. The maximum absolute atomic E-state index is 11.5. The van der Waals surface area contributed by atoms with Crippen molar-refractivity contribution in [3.63, 3.8) is 0 Å². The molecule has 0 spiro atoms. The van der Waals surface area contributed by atoms with E-state index in [0.717, 1.165) is 33.9 Å². The van der Waals surface area contributed by atoms with Crippen molar-refractivity contribution >= 4 is 28.7 Å². The van der Waals surface area contributed by atoms with Crippen LogP contribution >= 0.6 is 11.7 Å². The second-order valence-corrected chi connectivity index (χ2v) is 5.12. The summed E-state index contributed by atoms with van der Waals surface area (Å²) >= 11 is 1.14. The number of rotatable bonds is 4. The van der Waals surface area contributed by atoms with Gasteiger partial charge in [0.2, 0.25) is 0 Å². The topological polar surface area (TPSA) is 63.1 Å². The quantitative estimate of drug-likeness (QED) is 0.799. The summed E-state index contributed by atoms with van der Waals surface area (Å²) in [6, 6.07) is 15.1. The Labute approximate surface area is 120 Å². The Morgan fingerprint density at radius 2 is 1.85 bits per heavy atom. The van der Waals surface area contributed by atoms with Gasteiger partial charge in [-0.15, -0.1) is 0 Å². The number of carbonyl (C=O) groups is 1. The number of carboxylic acid groups (broad SMARTS) is 1. The number of fused-ring (bicyclic) bond motifs is 1. The van der Waals surface area contributed by atoms with Crippen LogP contribution in [0.3, 0.4) is 0 Å². The van der Waals surface area contributed by atoms with Crippen LogP contribution < -0.4 is 0 Å². The molecule has 0 bridgehead atoms. The molecule has 5 heteroatoms. The normalized spacial score (nSPS) is 12.4. The second kappa shape index (κ2) is 5.38. The second-order valence-electron chi connectivity index (χ2n) is 4.59. The van der Waals surface area contributed by atoms with E-state index in [2.05, 4.69) is 8.75 Å². The molecule has 4 nitrogen and oxygen atoms in total. The Kier molecular flexibility index (Phi) is 3.43. The zero-order valence-corrected chi connectivity index (χ0v) is 11.4. The molecule has 0 saturated carbocycles. The van der Waals surface area contributed by atoms with Gasteiger partial charge < -0.3 is 5.11 Å². The zero-order chi connectivity index (χ0) is 13.9. The van der Waals surface area contributed by atoms with Gasteiger partial charge in [0.1, 0.15) is 11.0 Å². The number of hydrogen-bond acceptors (Lipinski definition) is 4. The van der Waals surface area contributed by atoms with E-state index < -0.39 is 11.9 Å². The molecule has 3 rings (SSSR count). The highest BCUT2D eigenvalue weighted by Gasteiger charge is 2.21. The van der Waals surface area contributed by atoms with E-state index in [4.69, 9.17) is 0 Å². The van der Waals surface area contributed by atoms with Crippen LogP contribution in [0.5, 0.6) is 0 Å². The van der Waals surface area contributed by atoms with Crippen molar-refractivity contribution in [2.24, 2.45) is 0 Å². The average Bonchev–Trinajstić information content (AvgIpc) is 2.93. The van der Waals surface area contributed by atoms with Gasteiger partial charge in [-0.3, -0.25) is 4.79 Å². The molecule has 0 amide bonds. The molecule has 0 aliphatic rings. The molecule has 1 unspecified atom stereocenters. The molecule has 20 heavy (non-hydrogen) atoms. The molecular weight excluding hydrogens is 272 g/mol. The van der Waals surface area contributed by atoms with Gasteiger partial charge in [-0.1, -0.05) is 36.4 Å². The first-order valence-corrected chi connectivity index (χ1v) is 6.96. The molecule has 100 valence electrons. The number of aliphatic carboxylic acids is 1. The van der Waals surface area contributed by atoms with Crippen LogP contribution in [0.4, 0.5) is 0 Å². The number of carboxylic acids is 1. The largest absolute Gasteiger partial charge is 0.481 e. The Hall–Kier alpha value is -2.27. The van der Waals surface area contributed by atoms with E-state index in [9.17, 15) is 9.90 Å². The first kappa shape index (κ1) is 12.7. The van der Waals surface area contributed by atoms with Crippen LogP contribution in [0, 0.1) is 0 Å². The lowest BCUT2D eigenvalue weighted by Crippen LogP contribution is -2.14. The van der Waals surface area contributed by atoms with E-state index in [1.807, 2.05) is 48.5 Å². The molecule has 0 saturated heterocycles. The van der Waals surface area contributed by atoms with Gasteiger partial charge >= 0.3 is 5.97 Å². The summed E-state index contributed by atoms with van der Waals surface area (Å²) in [5.74, 6) is -1.39. The summed E-state index contributed by atoms with van der Waals surface area (Å²) in [4.78, 5) is 11.5. The third-order valence-electron chi connectivity index (χ3n) is 3.26. The minimum atomic E-state index is -0.823. The fourth-order valence-corrected chi connectivity index (χ4v) is 2.73. The number of benzene rings is 2. The molecule has 1 aromatic heterocycles. The molecule has 1 heterocycles. The lowest BCUT2D eigenvalue weighted by molar-refractivity contribution is -0.138. The van der Waals surface area contributed by atoms with Crippen molar-refractivity contribution in [1.82, 2.24) is 8.75 Å². The van der Waals surface area contributed by atoms with Crippen molar-refractivity contribution in [1.29, 1.82) is 0 Å². The van der Waals surface area contributed by atoms with E-state index >= 15 is 0 Å². The summed E-state index contributed by atoms with van der Waals surface area (Å²) in [5.41, 5.74) is 3.34. The summed E-state index contributed by atoms with van der Waals surface area (Å²) in [6.45, 7) is 0. The van der Waals surface area contributed by atoms with Gasteiger partial charge in [-0.25, -0.2) is 0 Å². The van der Waals surface area contributed by atoms with Gasteiger partial charge in [0, 0.05) is 0 Å². The molecule has 2 aromatic carbocycles. The molecule has 0 aliphatic carbocycles. The Bertz CT molecular complexity index is 740. The first-order valence-electron chi connectivity index (χ1n) is 6.23. The standard InChI is InChI=1S/C15H12N2O2S/c18-15(19)12(8-10-4-2-1-3-5-10)11-6-7-13-14(9-11)17-20-16-13/h1-7,9,12H,8H2,(H,18,19). The predicted molar refractivity (Wildman–Crippen MR) is 77.9 cm³/mol. The summed E-state index contributed by atoms with van der Waals surface area (Å²) in [6.07, 6.45) is 0.471. The van der Waals surface area contributed by atoms with Crippen molar-refractivity contribution in [2.45, 2.75) is 12.3 Å². The van der Waals surface area contributed by atoms with Gasteiger partial charge in [-0.05, 0) is 29.7 Å². The first-order chi connectivity index (χ1) is 9.74. The lowest BCUT2D eigenvalue weighted by Gasteiger charge is -2.12. The van der Waals surface area contributed by atoms with E-state index in [-0.39, 0.29) is 0 Å². The highest BCUT2D eigenvalue weighted by molar-refractivity contribution is 7.00. The van der Waals surface area contributed by atoms with Crippen LogP contribution in [-0.2, 0) is 11.2 Å². The molecule has 0 fully saturated rings. The zero-order valence-electron chi connectivity index (χ0n) is 10.6. The summed E-state index contributed by atoms with van der Waals surface area (Å²) in [7, 11) is 0. The van der Waals surface area contributed by atoms with Crippen LogP contribution in [0.15, 0.2) is 48.5 Å². The third kappa shape index (κ3) is 2.53.